The molecule has 0 radical (unpaired) electrons. The van der Waals surface area contributed by atoms with Gasteiger partial charge in [-0.2, -0.15) is 0 Å². The molecule has 2 aromatic carbocycles. The highest BCUT2D eigenvalue weighted by Crippen LogP contribution is 2.29. The predicted octanol–water partition coefficient (Wildman–Crippen LogP) is 3.60. The van der Waals surface area contributed by atoms with Crippen LogP contribution in [0.3, 0.4) is 0 Å². The minimum absolute atomic E-state index is 0.0418. The minimum Gasteiger partial charge on any atom is -0.490 e. The number of para-hydroxylation sites is 2. The normalized spacial score (nSPS) is 11.4. The van der Waals surface area contributed by atoms with Crippen LogP contribution >= 0.6 is 11.6 Å². The van der Waals surface area contributed by atoms with Crippen LogP contribution in [0.25, 0.3) is 0 Å². The van der Waals surface area contributed by atoms with Crippen molar-refractivity contribution in [2.45, 2.75) is 18.2 Å². The molecule has 2 rings (SSSR count). The Morgan fingerprint density at radius 2 is 1.77 bits per heavy atom. The van der Waals surface area contributed by atoms with E-state index >= 15 is 0 Å². The number of benzene rings is 2. The zero-order valence-corrected chi connectivity index (χ0v) is 16.3. The summed E-state index contributed by atoms with van der Waals surface area (Å²) in [5.41, 5.74) is -0.0418. The molecular weight excluding hydrogens is 378 g/mol. The van der Waals surface area contributed by atoms with Crippen LogP contribution in [-0.4, -0.2) is 39.4 Å². The van der Waals surface area contributed by atoms with Crippen molar-refractivity contribution in [3.8, 4) is 11.5 Å². The lowest BCUT2D eigenvalue weighted by molar-refractivity contribution is 0.0728. The zero-order valence-electron chi connectivity index (χ0n) is 14.7. The third kappa shape index (κ3) is 4.55. The molecule has 0 saturated heterocycles. The van der Waals surface area contributed by atoms with Gasteiger partial charge in [0.25, 0.3) is 0 Å². The molecule has 0 aliphatic heterocycles. The van der Waals surface area contributed by atoms with Gasteiger partial charge >= 0.3 is 5.97 Å². The molecule has 0 aromatic heterocycles. The van der Waals surface area contributed by atoms with Crippen molar-refractivity contribution in [2.24, 2.45) is 0 Å². The summed E-state index contributed by atoms with van der Waals surface area (Å²) in [6.45, 7) is 2.44. The number of hydrogen-bond donors (Lipinski definition) is 0. The average molecular weight is 398 g/mol. The summed E-state index contributed by atoms with van der Waals surface area (Å²) in [5, 5.41) is 0.0969. The second-order valence-electron chi connectivity index (χ2n) is 5.61. The number of halogens is 1. The van der Waals surface area contributed by atoms with Crippen molar-refractivity contribution in [3.63, 3.8) is 0 Å². The van der Waals surface area contributed by atoms with Crippen LogP contribution in [0.2, 0.25) is 5.02 Å². The summed E-state index contributed by atoms with van der Waals surface area (Å²) in [7, 11) is -0.888. The van der Waals surface area contributed by atoms with Gasteiger partial charge in [-0.05, 0) is 36.8 Å². The van der Waals surface area contributed by atoms with E-state index in [4.69, 9.17) is 21.1 Å². The first-order valence-electron chi connectivity index (χ1n) is 7.93. The van der Waals surface area contributed by atoms with Gasteiger partial charge in [0, 0.05) is 14.1 Å². The van der Waals surface area contributed by atoms with Crippen LogP contribution in [0, 0.1) is 0 Å². The summed E-state index contributed by atoms with van der Waals surface area (Å²) >= 11 is 6.07. The lowest BCUT2D eigenvalue weighted by atomic mass is 10.2. The number of hydrogen-bond acceptors (Lipinski definition) is 5. The van der Waals surface area contributed by atoms with Crippen molar-refractivity contribution in [2.75, 3.05) is 20.7 Å². The minimum atomic E-state index is -3.70. The zero-order chi connectivity index (χ0) is 19.3. The Labute approximate surface area is 158 Å². The number of esters is 1. The van der Waals surface area contributed by atoms with Crippen molar-refractivity contribution < 1.29 is 22.7 Å². The van der Waals surface area contributed by atoms with Crippen LogP contribution in [0.4, 0.5) is 0 Å². The van der Waals surface area contributed by atoms with E-state index in [-0.39, 0.29) is 21.2 Å². The van der Waals surface area contributed by atoms with E-state index in [0.29, 0.717) is 12.4 Å². The Bertz CT molecular complexity index is 896. The van der Waals surface area contributed by atoms with Crippen molar-refractivity contribution in [1.82, 2.24) is 4.31 Å². The summed E-state index contributed by atoms with van der Waals surface area (Å²) in [4.78, 5) is 12.5. The molecule has 0 aliphatic rings. The number of rotatable bonds is 7. The highest BCUT2D eigenvalue weighted by molar-refractivity contribution is 7.89. The summed E-state index contributed by atoms with van der Waals surface area (Å²) in [5.74, 6) is -0.0999. The third-order valence-corrected chi connectivity index (χ3v) is 5.59. The highest BCUT2D eigenvalue weighted by Gasteiger charge is 2.22. The maximum Gasteiger partial charge on any atom is 0.345 e. The van der Waals surface area contributed by atoms with Gasteiger partial charge in [-0.15, -0.1) is 0 Å². The smallest absolute Gasteiger partial charge is 0.345 e. The summed E-state index contributed by atoms with van der Waals surface area (Å²) in [6, 6.07) is 10.6. The molecule has 0 fully saturated rings. The number of ether oxygens (including phenoxy) is 2. The van der Waals surface area contributed by atoms with Crippen LogP contribution in [0.15, 0.2) is 47.4 Å². The number of carbonyl (C=O) groups is 1. The fourth-order valence-electron chi connectivity index (χ4n) is 2.05. The second-order valence-corrected chi connectivity index (χ2v) is 8.17. The summed E-state index contributed by atoms with van der Waals surface area (Å²) < 4.78 is 36.5. The molecular formula is C18H20ClNO5S. The average Bonchev–Trinajstić information content (AvgIpc) is 2.61. The molecule has 0 saturated carbocycles. The Morgan fingerprint density at radius 3 is 2.38 bits per heavy atom. The van der Waals surface area contributed by atoms with E-state index < -0.39 is 16.0 Å². The number of sulfonamides is 1. The molecule has 8 heteroatoms. The van der Waals surface area contributed by atoms with Crippen LogP contribution in [0.1, 0.15) is 23.7 Å². The van der Waals surface area contributed by atoms with Crippen molar-refractivity contribution >= 4 is 27.6 Å². The first-order valence-corrected chi connectivity index (χ1v) is 9.75. The molecule has 26 heavy (non-hydrogen) atoms. The second kappa shape index (κ2) is 8.53. The first kappa shape index (κ1) is 20.2. The third-order valence-electron chi connectivity index (χ3n) is 3.45. The lowest BCUT2D eigenvalue weighted by Gasteiger charge is -2.14. The van der Waals surface area contributed by atoms with Crippen molar-refractivity contribution in [1.29, 1.82) is 0 Å². The molecule has 0 aliphatic carbocycles. The van der Waals surface area contributed by atoms with Gasteiger partial charge < -0.3 is 9.47 Å². The van der Waals surface area contributed by atoms with E-state index in [1.807, 2.05) is 6.92 Å². The lowest BCUT2D eigenvalue weighted by Crippen LogP contribution is -2.22. The topological polar surface area (TPSA) is 72.9 Å². The predicted molar refractivity (Wildman–Crippen MR) is 99.5 cm³/mol. The standard InChI is InChI=1S/C18H20ClNO5S/c1-4-11-24-16-7-5-6-8-17(16)25-18(21)14-12-13(9-10-15(14)19)26(22,23)20(2)3/h5-10,12H,4,11H2,1-3H3. The van der Waals surface area contributed by atoms with Crippen molar-refractivity contribution in [3.05, 3.63) is 53.1 Å². The van der Waals surface area contributed by atoms with Gasteiger partial charge in [0.1, 0.15) is 0 Å². The van der Waals surface area contributed by atoms with Gasteiger partial charge in [-0.25, -0.2) is 17.5 Å². The Kier molecular flexibility index (Phi) is 6.63. The highest BCUT2D eigenvalue weighted by atomic mass is 35.5. The van der Waals surface area contributed by atoms with Gasteiger partial charge in [-0.3, -0.25) is 0 Å². The SMILES string of the molecule is CCCOc1ccccc1OC(=O)c1cc(S(=O)(=O)N(C)C)ccc1Cl. The Morgan fingerprint density at radius 1 is 1.12 bits per heavy atom. The van der Waals surface area contributed by atoms with E-state index in [9.17, 15) is 13.2 Å². The number of carbonyl (C=O) groups excluding carboxylic acids is 1. The molecule has 6 nitrogen and oxygen atoms in total. The molecule has 0 spiro atoms. The largest absolute Gasteiger partial charge is 0.490 e. The molecule has 2 aromatic rings. The van der Waals surface area contributed by atoms with Gasteiger partial charge in [0.15, 0.2) is 11.5 Å². The molecule has 0 atom stereocenters. The van der Waals surface area contributed by atoms with E-state index in [1.54, 1.807) is 24.3 Å². The van der Waals surface area contributed by atoms with Crippen LogP contribution in [0.5, 0.6) is 11.5 Å². The van der Waals surface area contributed by atoms with Gasteiger partial charge in [0.05, 0.1) is 22.1 Å². The van der Waals surface area contributed by atoms with Crippen LogP contribution < -0.4 is 9.47 Å². The quantitative estimate of drug-likeness (QED) is 0.527. The van der Waals surface area contributed by atoms with E-state index in [1.165, 1.54) is 32.3 Å². The fraction of sp³-hybridized carbons (Fsp3) is 0.278. The Balaban J connectivity index is 2.34. The molecule has 0 unspecified atom stereocenters. The molecule has 140 valence electrons. The summed E-state index contributed by atoms with van der Waals surface area (Å²) in [6.07, 6.45) is 0.804. The van der Waals surface area contributed by atoms with E-state index in [0.717, 1.165) is 10.7 Å². The molecule has 0 bridgehead atoms. The monoisotopic (exact) mass is 397 g/mol. The van der Waals surface area contributed by atoms with Gasteiger partial charge in [-0.1, -0.05) is 30.7 Å². The fourth-order valence-corrected chi connectivity index (χ4v) is 3.18. The van der Waals surface area contributed by atoms with Gasteiger partial charge in [0.2, 0.25) is 10.0 Å². The maximum atomic E-state index is 12.5. The first-order chi connectivity index (χ1) is 12.3. The maximum absolute atomic E-state index is 12.5. The van der Waals surface area contributed by atoms with E-state index in [2.05, 4.69) is 0 Å². The number of nitrogens with zero attached hydrogens (tertiary/aromatic N) is 1. The molecule has 0 amide bonds. The van der Waals surface area contributed by atoms with Crippen LogP contribution in [-0.2, 0) is 10.0 Å². The molecule has 0 N–H and O–H groups in total. The molecule has 0 heterocycles. The Hall–Kier alpha value is -2.09.